The monoisotopic (exact) mass is 394 g/mol. The molecule has 3 N–H and O–H groups in total. The Morgan fingerprint density at radius 1 is 0.931 bits per heavy atom. The SMILES string of the molecule is O=C(NC1CCc2ccccc21)C(O)C(O)C(=O)N1CCCc2ccccc2C1. The molecule has 0 saturated carbocycles. The zero-order chi connectivity index (χ0) is 20.4. The lowest BCUT2D eigenvalue weighted by molar-refractivity contribution is -0.153. The van der Waals surface area contributed by atoms with Crippen molar-refractivity contribution in [3.63, 3.8) is 0 Å². The van der Waals surface area contributed by atoms with Crippen LogP contribution in [0.2, 0.25) is 0 Å². The summed E-state index contributed by atoms with van der Waals surface area (Å²) in [5.41, 5.74) is 4.42. The number of benzene rings is 2. The minimum Gasteiger partial charge on any atom is -0.380 e. The van der Waals surface area contributed by atoms with Gasteiger partial charge in [0.2, 0.25) is 0 Å². The number of rotatable bonds is 4. The number of aryl methyl sites for hydroxylation is 2. The van der Waals surface area contributed by atoms with Crippen molar-refractivity contribution < 1.29 is 19.8 Å². The van der Waals surface area contributed by atoms with Crippen molar-refractivity contribution in [3.8, 4) is 0 Å². The predicted octanol–water partition coefficient (Wildman–Crippen LogP) is 1.49. The fourth-order valence-corrected chi connectivity index (χ4v) is 4.32. The van der Waals surface area contributed by atoms with E-state index in [4.69, 9.17) is 0 Å². The zero-order valence-corrected chi connectivity index (χ0v) is 16.3. The van der Waals surface area contributed by atoms with E-state index in [-0.39, 0.29) is 6.04 Å². The quantitative estimate of drug-likeness (QED) is 0.733. The third-order valence-corrected chi connectivity index (χ3v) is 5.94. The highest BCUT2D eigenvalue weighted by molar-refractivity contribution is 5.91. The molecule has 0 fully saturated rings. The number of carbonyl (C=O) groups excluding carboxylic acids is 2. The minimum atomic E-state index is -1.80. The highest BCUT2D eigenvalue weighted by atomic mass is 16.3. The lowest BCUT2D eigenvalue weighted by atomic mass is 10.0. The Bertz CT molecular complexity index is 913. The maximum atomic E-state index is 12.8. The van der Waals surface area contributed by atoms with E-state index in [1.165, 1.54) is 16.0 Å². The second kappa shape index (κ2) is 8.35. The number of hydrogen-bond acceptors (Lipinski definition) is 4. The molecule has 1 heterocycles. The maximum Gasteiger partial charge on any atom is 0.254 e. The van der Waals surface area contributed by atoms with Crippen LogP contribution in [0.15, 0.2) is 48.5 Å². The fourth-order valence-electron chi connectivity index (χ4n) is 4.32. The van der Waals surface area contributed by atoms with Gasteiger partial charge in [0.05, 0.1) is 6.04 Å². The van der Waals surface area contributed by atoms with Gasteiger partial charge in [-0.05, 0) is 47.9 Å². The Morgan fingerprint density at radius 2 is 1.62 bits per heavy atom. The van der Waals surface area contributed by atoms with Crippen LogP contribution in [0.5, 0.6) is 0 Å². The van der Waals surface area contributed by atoms with E-state index < -0.39 is 24.0 Å². The van der Waals surface area contributed by atoms with Gasteiger partial charge in [-0.2, -0.15) is 0 Å². The van der Waals surface area contributed by atoms with Gasteiger partial charge in [-0.25, -0.2) is 0 Å². The predicted molar refractivity (Wildman–Crippen MR) is 108 cm³/mol. The summed E-state index contributed by atoms with van der Waals surface area (Å²) in [5, 5.41) is 23.5. The summed E-state index contributed by atoms with van der Waals surface area (Å²) in [6.45, 7) is 0.852. The van der Waals surface area contributed by atoms with Crippen LogP contribution in [0.1, 0.15) is 41.1 Å². The number of fused-ring (bicyclic) bond motifs is 2. The van der Waals surface area contributed by atoms with Gasteiger partial charge in [0.15, 0.2) is 12.2 Å². The van der Waals surface area contributed by atoms with Gasteiger partial charge in [-0.1, -0.05) is 48.5 Å². The summed E-state index contributed by atoms with van der Waals surface area (Å²) >= 11 is 0. The lowest BCUT2D eigenvalue weighted by Crippen LogP contribution is -2.51. The Hall–Kier alpha value is -2.70. The summed E-state index contributed by atoms with van der Waals surface area (Å²) in [6.07, 6.45) is -0.348. The van der Waals surface area contributed by atoms with Gasteiger partial charge < -0.3 is 20.4 Å². The molecule has 2 aromatic carbocycles. The first kappa shape index (κ1) is 19.6. The van der Waals surface area contributed by atoms with Gasteiger partial charge in [0.25, 0.3) is 11.8 Å². The second-order valence-electron chi connectivity index (χ2n) is 7.82. The number of carbonyl (C=O) groups is 2. The summed E-state index contributed by atoms with van der Waals surface area (Å²) < 4.78 is 0. The van der Waals surface area contributed by atoms with Gasteiger partial charge in [0.1, 0.15) is 0 Å². The van der Waals surface area contributed by atoms with Crippen LogP contribution < -0.4 is 5.32 Å². The highest BCUT2D eigenvalue weighted by Crippen LogP contribution is 2.30. The number of nitrogens with one attached hydrogen (secondary N) is 1. The van der Waals surface area contributed by atoms with Gasteiger partial charge >= 0.3 is 0 Å². The summed E-state index contributed by atoms with van der Waals surface area (Å²) in [4.78, 5) is 26.8. The maximum absolute atomic E-state index is 12.8. The zero-order valence-electron chi connectivity index (χ0n) is 16.3. The third-order valence-electron chi connectivity index (χ3n) is 5.94. The number of aliphatic hydroxyl groups excluding tert-OH is 2. The van der Waals surface area contributed by atoms with Crippen LogP contribution >= 0.6 is 0 Å². The Labute approximate surface area is 170 Å². The summed E-state index contributed by atoms with van der Waals surface area (Å²) in [6, 6.07) is 15.5. The van der Waals surface area contributed by atoms with E-state index in [2.05, 4.69) is 5.32 Å². The molecule has 3 atom stereocenters. The first-order valence-electron chi connectivity index (χ1n) is 10.1. The van der Waals surface area contributed by atoms with Crippen molar-refractivity contribution in [1.82, 2.24) is 10.2 Å². The van der Waals surface area contributed by atoms with Crippen molar-refractivity contribution >= 4 is 11.8 Å². The molecule has 0 spiro atoms. The Kier molecular flexibility index (Phi) is 5.65. The number of aliphatic hydroxyl groups is 2. The van der Waals surface area contributed by atoms with Crippen molar-refractivity contribution in [2.24, 2.45) is 0 Å². The third kappa shape index (κ3) is 4.04. The van der Waals surface area contributed by atoms with Crippen molar-refractivity contribution in [3.05, 3.63) is 70.8 Å². The Morgan fingerprint density at radius 3 is 2.41 bits per heavy atom. The van der Waals surface area contributed by atoms with Crippen LogP contribution in [-0.4, -0.2) is 45.7 Å². The largest absolute Gasteiger partial charge is 0.380 e. The molecule has 152 valence electrons. The average Bonchev–Trinajstić information content (AvgIpc) is 3.02. The molecule has 3 unspecified atom stereocenters. The van der Waals surface area contributed by atoms with Gasteiger partial charge in [-0.15, -0.1) is 0 Å². The normalized spacial score (nSPS) is 20.2. The molecule has 2 amide bonds. The molecular weight excluding hydrogens is 368 g/mol. The molecule has 1 aliphatic carbocycles. The van der Waals surface area contributed by atoms with Crippen LogP contribution in [0.25, 0.3) is 0 Å². The second-order valence-corrected chi connectivity index (χ2v) is 7.82. The topological polar surface area (TPSA) is 89.9 Å². The van der Waals surface area contributed by atoms with Crippen LogP contribution in [-0.2, 0) is 29.0 Å². The van der Waals surface area contributed by atoms with Crippen molar-refractivity contribution in [1.29, 1.82) is 0 Å². The highest BCUT2D eigenvalue weighted by Gasteiger charge is 2.35. The fraction of sp³-hybridized carbons (Fsp3) is 0.391. The molecule has 4 rings (SSSR count). The van der Waals surface area contributed by atoms with E-state index in [9.17, 15) is 19.8 Å². The smallest absolute Gasteiger partial charge is 0.254 e. The van der Waals surface area contributed by atoms with Crippen LogP contribution in [0.4, 0.5) is 0 Å². The summed E-state index contributed by atoms with van der Waals surface area (Å²) in [7, 11) is 0. The molecule has 6 nitrogen and oxygen atoms in total. The molecule has 1 aliphatic heterocycles. The van der Waals surface area contributed by atoms with Crippen molar-refractivity contribution in [2.45, 2.75) is 50.5 Å². The molecule has 0 radical (unpaired) electrons. The standard InChI is InChI=1S/C23H26N2O4/c26-20(22(28)24-19-12-11-16-7-3-4-10-18(16)19)21(27)23(29)25-13-5-9-15-6-1-2-8-17(15)14-25/h1-4,6-8,10,19-21,26-27H,5,9,11-14H2,(H,24,28). The van der Waals surface area contributed by atoms with E-state index in [0.29, 0.717) is 13.1 Å². The van der Waals surface area contributed by atoms with E-state index in [1.54, 1.807) is 0 Å². The molecule has 0 saturated heterocycles. The van der Waals surface area contributed by atoms with Crippen LogP contribution in [0.3, 0.4) is 0 Å². The molecule has 0 aromatic heterocycles. The van der Waals surface area contributed by atoms with E-state index in [0.717, 1.165) is 36.8 Å². The van der Waals surface area contributed by atoms with E-state index >= 15 is 0 Å². The number of hydrogen-bond donors (Lipinski definition) is 3. The van der Waals surface area contributed by atoms with Crippen LogP contribution in [0, 0.1) is 0 Å². The Balaban J connectivity index is 1.40. The molecular formula is C23H26N2O4. The molecule has 6 heteroatoms. The van der Waals surface area contributed by atoms with Gasteiger partial charge in [0, 0.05) is 13.1 Å². The number of nitrogens with zero attached hydrogens (tertiary/aromatic N) is 1. The average molecular weight is 394 g/mol. The van der Waals surface area contributed by atoms with Gasteiger partial charge in [-0.3, -0.25) is 9.59 Å². The summed E-state index contributed by atoms with van der Waals surface area (Å²) in [5.74, 6) is -1.33. The minimum absolute atomic E-state index is 0.208. The lowest BCUT2D eigenvalue weighted by Gasteiger charge is -2.26. The van der Waals surface area contributed by atoms with E-state index in [1.807, 2.05) is 48.5 Å². The molecule has 29 heavy (non-hydrogen) atoms. The first-order valence-corrected chi connectivity index (χ1v) is 10.1. The molecule has 0 bridgehead atoms. The molecule has 2 aromatic rings. The molecule has 2 aliphatic rings. The number of amides is 2. The first-order chi connectivity index (χ1) is 14.0. The van der Waals surface area contributed by atoms with Crippen molar-refractivity contribution in [2.75, 3.05) is 6.54 Å².